The van der Waals surface area contributed by atoms with Crippen LogP contribution < -0.4 is 11.3 Å². The number of rotatable bonds is 3. The van der Waals surface area contributed by atoms with Crippen molar-refractivity contribution in [2.75, 3.05) is 0 Å². The number of hydrogen-bond acceptors (Lipinski definition) is 2. The molecule has 0 spiro atoms. The van der Waals surface area contributed by atoms with Crippen molar-refractivity contribution in [2.24, 2.45) is 5.84 Å². The van der Waals surface area contributed by atoms with Crippen molar-refractivity contribution in [3.8, 4) is 0 Å². The molecule has 5 heteroatoms. The molecule has 1 unspecified atom stereocenters. The zero-order chi connectivity index (χ0) is 13.1. The molecule has 0 fully saturated rings. The smallest absolute Gasteiger partial charge is 0.123 e. The maximum atomic E-state index is 13.3. The molecule has 1 atom stereocenters. The molecule has 0 heterocycles. The van der Waals surface area contributed by atoms with Crippen LogP contribution in [0.1, 0.15) is 17.2 Å². The molecule has 3 N–H and O–H groups in total. The SMILES string of the molecule is NNC(c1cccc(Cl)c1)c1cc(F)ccc1Cl. The van der Waals surface area contributed by atoms with E-state index < -0.39 is 6.04 Å². The monoisotopic (exact) mass is 284 g/mol. The van der Waals surface area contributed by atoms with Crippen LogP contribution in [-0.4, -0.2) is 0 Å². The maximum absolute atomic E-state index is 13.3. The van der Waals surface area contributed by atoms with Gasteiger partial charge >= 0.3 is 0 Å². The molecule has 2 rings (SSSR count). The van der Waals surface area contributed by atoms with E-state index in [1.807, 2.05) is 6.07 Å². The van der Waals surface area contributed by atoms with Crippen LogP contribution in [-0.2, 0) is 0 Å². The Bertz CT molecular complexity index is 560. The minimum atomic E-state index is -0.410. The highest BCUT2D eigenvalue weighted by Crippen LogP contribution is 2.29. The highest BCUT2D eigenvalue weighted by molar-refractivity contribution is 6.31. The van der Waals surface area contributed by atoms with Gasteiger partial charge in [0.1, 0.15) is 5.82 Å². The molecule has 2 aromatic rings. The van der Waals surface area contributed by atoms with Crippen molar-refractivity contribution < 1.29 is 4.39 Å². The van der Waals surface area contributed by atoms with Gasteiger partial charge < -0.3 is 0 Å². The summed E-state index contributed by atoms with van der Waals surface area (Å²) in [6, 6.07) is 10.9. The third-order valence-electron chi connectivity index (χ3n) is 2.62. The largest absolute Gasteiger partial charge is 0.271 e. The molecule has 0 amide bonds. The lowest BCUT2D eigenvalue weighted by Gasteiger charge is -2.18. The van der Waals surface area contributed by atoms with Crippen LogP contribution in [0.4, 0.5) is 4.39 Å². The van der Waals surface area contributed by atoms with Crippen LogP contribution in [0.5, 0.6) is 0 Å². The second-order valence-electron chi connectivity index (χ2n) is 3.82. The Morgan fingerprint density at radius 1 is 1.11 bits per heavy atom. The molecule has 94 valence electrons. The van der Waals surface area contributed by atoms with Gasteiger partial charge in [-0.2, -0.15) is 0 Å². The average molecular weight is 285 g/mol. The quantitative estimate of drug-likeness (QED) is 0.666. The first-order valence-corrected chi connectivity index (χ1v) is 6.04. The number of halogens is 3. The van der Waals surface area contributed by atoms with Crippen LogP contribution in [0.25, 0.3) is 0 Å². The molecule has 2 aromatic carbocycles. The van der Waals surface area contributed by atoms with Gasteiger partial charge in [-0.05, 0) is 41.5 Å². The van der Waals surface area contributed by atoms with Crippen LogP contribution in [0.3, 0.4) is 0 Å². The van der Waals surface area contributed by atoms with Crippen molar-refractivity contribution in [3.63, 3.8) is 0 Å². The molecular weight excluding hydrogens is 274 g/mol. The van der Waals surface area contributed by atoms with Crippen molar-refractivity contribution >= 4 is 23.2 Å². The van der Waals surface area contributed by atoms with E-state index in [1.54, 1.807) is 18.2 Å². The van der Waals surface area contributed by atoms with Gasteiger partial charge in [0.15, 0.2) is 0 Å². The molecule has 18 heavy (non-hydrogen) atoms. The van der Waals surface area contributed by atoms with Gasteiger partial charge in [-0.15, -0.1) is 0 Å². The Labute approximate surface area is 114 Å². The lowest BCUT2D eigenvalue weighted by molar-refractivity contribution is 0.605. The zero-order valence-corrected chi connectivity index (χ0v) is 10.8. The Morgan fingerprint density at radius 2 is 1.89 bits per heavy atom. The van der Waals surface area contributed by atoms with Crippen LogP contribution in [0.2, 0.25) is 10.0 Å². The van der Waals surface area contributed by atoms with Gasteiger partial charge in [0.05, 0.1) is 6.04 Å². The molecule has 0 bridgehead atoms. The summed E-state index contributed by atoms with van der Waals surface area (Å²) < 4.78 is 13.3. The summed E-state index contributed by atoms with van der Waals surface area (Å²) in [4.78, 5) is 0. The number of hydrogen-bond donors (Lipinski definition) is 2. The average Bonchev–Trinajstić information content (AvgIpc) is 2.35. The van der Waals surface area contributed by atoms with Gasteiger partial charge in [-0.3, -0.25) is 5.84 Å². The third-order valence-corrected chi connectivity index (χ3v) is 3.20. The maximum Gasteiger partial charge on any atom is 0.123 e. The second kappa shape index (κ2) is 5.67. The molecule has 0 saturated carbocycles. The van der Waals surface area contributed by atoms with Gasteiger partial charge in [0.25, 0.3) is 0 Å². The van der Waals surface area contributed by atoms with Gasteiger partial charge in [0.2, 0.25) is 0 Å². The van der Waals surface area contributed by atoms with Crippen molar-refractivity contribution in [1.82, 2.24) is 5.43 Å². The standard InChI is InChI=1S/C13H11Cl2FN2/c14-9-3-1-2-8(6-9)13(18-17)11-7-10(16)4-5-12(11)15/h1-7,13,18H,17H2. The second-order valence-corrected chi connectivity index (χ2v) is 4.66. The normalized spacial score (nSPS) is 12.4. The molecule has 0 radical (unpaired) electrons. The van der Waals surface area contributed by atoms with E-state index in [0.29, 0.717) is 15.6 Å². The fourth-order valence-corrected chi connectivity index (χ4v) is 2.21. The van der Waals surface area contributed by atoms with Crippen LogP contribution >= 0.6 is 23.2 Å². The Hall–Kier alpha value is -1.13. The summed E-state index contributed by atoms with van der Waals surface area (Å²) in [5, 5.41) is 1.03. The summed E-state index contributed by atoms with van der Waals surface area (Å²) in [5.74, 6) is 5.17. The molecule has 2 nitrogen and oxygen atoms in total. The minimum Gasteiger partial charge on any atom is -0.271 e. The van der Waals surface area contributed by atoms with E-state index in [1.165, 1.54) is 18.2 Å². The predicted molar refractivity (Wildman–Crippen MR) is 72.0 cm³/mol. The Morgan fingerprint density at radius 3 is 2.56 bits per heavy atom. The molecule has 0 aromatic heterocycles. The van der Waals surface area contributed by atoms with E-state index in [0.717, 1.165) is 5.56 Å². The first-order valence-electron chi connectivity index (χ1n) is 5.28. The summed E-state index contributed by atoms with van der Waals surface area (Å²) in [7, 11) is 0. The summed E-state index contributed by atoms with van der Waals surface area (Å²) in [6.45, 7) is 0. The summed E-state index contributed by atoms with van der Waals surface area (Å²) in [6.07, 6.45) is 0. The molecule has 0 aliphatic carbocycles. The number of hydrazine groups is 1. The highest BCUT2D eigenvalue weighted by atomic mass is 35.5. The first kappa shape index (κ1) is 13.3. The number of benzene rings is 2. The fraction of sp³-hybridized carbons (Fsp3) is 0.0769. The Balaban J connectivity index is 2.48. The van der Waals surface area contributed by atoms with Gasteiger partial charge in [-0.1, -0.05) is 35.3 Å². The first-order chi connectivity index (χ1) is 8.61. The molecule has 0 aliphatic rings. The Kier molecular flexibility index (Phi) is 4.19. The molecule has 0 saturated heterocycles. The summed E-state index contributed by atoms with van der Waals surface area (Å²) >= 11 is 12.0. The van der Waals surface area contributed by atoms with E-state index >= 15 is 0 Å². The number of nitrogens with one attached hydrogen (secondary N) is 1. The van der Waals surface area contributed by atoms with Crippen molar-refractivity contribution in [2.45, 2.75) is 6.04 Å². The highest BCUT2D eigenvalue weighted by Gasteiger charge is 2.16. The van der Waals surface area contributed by atoms with Gasteiger partial charge in [-0.25, -0.2) is 9.82 Å². The third kappa shape index (κ3) is 2.82. The summed E-state index contributed by atoms with van der Waals surface area (Å²) in [5.41, 5.74) is 4.01. The fourth-order valence-electron chi connectivity index (χ4n) is 1.79. The lowest BCUT2D eigenvalue weighted by atomic mass is 9.99. The van der Waals surface area contributed by atoms with E-state index in [9.17, 15) is 4.39 Å². The predicted octanol–water partition coefficient (Wildman–Crippen LogP) is 3.69. The lowest BCUT2D eigenvalue weighted by Crippen LogP contribution is -2.29. The zero-order valence-electron chi connectivity index (χ0n) is 9.33. The minimum absolute atomic E-state index is 0.364. The number of nitrogens with two attached hydrogens (primary N) is 1. The van der Waals surface area contributed by atoms with Crippen molar-refractivity contribution in [1.29, 1.82) is 0 Å². The van der Waals surface area contributed by atoms with Crippen LogP contribution in [0, 0.1) is 5.82 Å². The topological polar surface area (TPSA) is 38.0 Å². The molecular formula is C13H11Cl2FN2. The van der Waals surface area contributed by atoms with Crippen molar-refractivity contribution in [3.05, 3.63) is 69.5 Å². The molecule has 0 aliphatic heterocycles. The van der Waals surface area contributed by atoms with E-state index in [-0.39, 0.29) is 5.82 Å². The van der Waals surface area contributed by atoms with E-state index in [2.05, 4.69) is 5.43 Å². The van der Waals surface area contributed by atoms with Crippen LogP contribution in [0.15, 0.2) is 42.5 Å². The van der Waals surface area contributed by atoms with E-state index in [4.69, 9.17) is 29.0 Å². The van der Waals surface area contributed by atoms with Gasteiger partial charge in [0, 0.05) is 10.0 Å².